The molecule has 0 saturated heterocycles. The third-order valence-corrected chi connectivity index (χ3v) is 6.40. The number of rotatable bonds is 9. The number of benzene rings is 2. The maximum Gasteiger partial charge on any atom is 0.250 e. The molecule has 0 unspecified atom stereocenters. The third-order valence-electron chi connectivity index (χ3n) is 4.43. The van der Waals surface area contributed by atoms with E-state index in [9.17, 15) is 13.2 Å². The van der Waals surface area contributed by atoms with E-state index < -0.39 is 10.0 Å². The molecule has 3 aromatic rings. The Balaban J connectivity index is 1.60. The van der Waals surface area contributed by atoms with Crippen LogP contribution in [0.5, 0.6) is 5.75 Å². The Morgan fingerprint density at radius 3 is 2.50 bits per heavy atom. The van der Waals surface area contributed by atoms with E-state index in [-0.39, 0.29) is 5.91 Å². The molecule has 3 rings (SSSR count). The monoisotopic (exact) mass is 469 g/mol. The van der Waals surface area contributed by atoms with Crippen LogP contribution in [-0.2, 0) is 14.8 Å². The molecule has 9 heteroatoms. The largest absolute Gasteiger partial charge is 0.490 e. The maximum absolute atomic E-state index is 12.2. The van der Waals surface area contributed by atoms with E-state index in [1.807, 2.05) is 29.6 Å². The Hall–Kier alpha value is -3.43. The zero-order chi connectivity index (χ0) is 23.1. The first kappa shape index (κ1) is 23.2. The zero-order valence-corrected chi connectivity index (χ0v) is 19.3. The summed E-state index contributed by atoms with van der Waals surface area (Å²) in [5, 5.41) is 5.05. The highest BCUT2D eigenvalue weighted by molar-refractivity contribution is 7.92. The number of carbonyl (C=O) groups is 1. The second kappa shape index (κ2) is 10.3. The second-order valence-electron chi connectivity index (χ2n) is 6.81. The van der Waals surface area contributed by atoms with Crippen molar-refractivity contribution in [3.05, 3.63) is 78.2 Å². The number of nitrogens with one attached hydrogen (secondary N) is 1. The average molecular weight is 470 g/mol. The first-order valence-electron chi connectivity index (χ1n) is 9.59. The van der Waals surface area contributed by atoms with Gasteiger partial charge in [0.05, 0.1) is 17.6 Å². The summed E-state index contributed by atoms with van der Waals surface area (Å²) in [4.78, 5) is 16.7. The molecule has 7 nitrogen and oxygen atoms in total. The van der Waals surface area contributed by atoms with Crippen molar-refractivity contribution < 1.29 is 17.9 Å². The van der Waals surface area contributed by atoms with Gasteiger partial charge in [0.2, 0.25) is 15.9 Å². The van der Waals surface area contributed by atoms with Crippen molar-refractivity contribution in [3.63, 3.8) is 0 Å². The summed E-state index contributed by atoms with van der Waals surface area (Å²) in [6.07, 6.45) is 5.97. The molecule has 166 valence electrons. The molecule has 0 aliphatic heterocycles. The molecule has 1 amide bonds. The zero-order valence-electron chi connectivity index (χ0n) is 17.7. The Morgan fingerprint density at radius 2 is 1.88 bits per heavy atom. The molecule has 0 radical (unpaired) electrons. The lowest BCUT2D eigenvalue weighted by Gasteiger charge is -2.16. The SMILES string of the molecule is C=CCOc1ccc(/C=C/C(=O)Nc2nc(-c3ccc(N(C)S(C)(=O)=O)cc3)cs2)cc1. The predicted molar refractivity (Wildman–Crippen MR) is 131 cm³/mol. The first-order valence-corrected chi connectivity index (χ1v) is 12.3. The van der Waals surface area contributed by atoms with Crippen LogP contribution < -0.4 is 14.4 Å². The summed E-state index contributed by atoms with van der Waals surface area (Å²) < 4.78 is 29.9. The molecule has 0 saturated carbocycles. The van der Waals surface area contributed by atoms with Crippen molar-refractivity contribution in [3.8, 4) is 17.0 Å². The van der Waals surface area contributed by atoms with Crippen LogP contribution in [0, 0.1) is 0 Å². The topological polar surface area (TPSA) is 88.6 Å². The van der Waals surface area contributed by atoms with E-state index >= 15 is 0 Å². The van der Waals surface area contributed by atoms with Crippen molar-refractivity contribution in [1.82, 2.24) is 4.98 Å². The van der Waals surface area contributed by atoms with Gasteiger partial charge in [0.1, 0.15) is 12.4 Å². The number of amides is 1. The van der Waals surface area contributed by atoms with Gasteiger partial charge in [0.25, 0.3) is 0 Å². The van der Waals surface area contributed by atoms with Crippen molar-refractivity contribution in [2.45, 2.75) is 0 Å². The van der Waals surface area contributed by atoms with E-state index in [1.54, 1.807) is 36.4 Å². The summed E-state index contributed by atoms with van der Waals surface area (Å²) in [5.41, 5.74) is 2.94. The Labute approximate surface area is 191 Å². The minimum atomic E-state index is -3.32. The lowest BCUT2D eigenvalue weighted by molar-refractivity contribution is -0.111. The Bertz CT molecular complexity index is 1210. The van der Waals surface area contributed by atoms with Crippen molar-refractivity contribution in [2.75, 3.05) is 29.5 Å². The summed E-state index contributed by atoms with van der Waals surface area (Å²) in [6, 6.07) is 14.4. The number of aromatic nitrogens is 1. The van der Waals surface area contributed by atoms with E-state index in [0.717, 1.165) is 23.1 Å². The van der Waals surface area contributed by atoms with E-state index in [0.29, 0.717) is 23.1 Å². The van der Waals surface area contributed by atoms with Gasteiger partial charge in [-0.2, -0.15) is 0 Å². The lowest BCUT2D eigenvalue weighted by atomic mass is 10.1. The molecule has 0 atom stereocenters. The fourth-order valence-corrected chi connectivity index (χ4v) is 3.87. The van der Waals surface area contributed by atoms with Gasteiger partial charge in [-0.1, -0.05) is 36.9 Å². The van der Waals surface area contributed by atoms with Gasteiger partial charge in [-0.15, -0.1) is 11.3 Å². The van der Waals surface area contributed by atoms with Crippen LogP contribution in [0.15, 0.2) is 72.6 Å². The third kappa shape index (κ3) is 6.29. The number of anilines is 2. The van der Waals surface area contributed by atoms with Crippen molar-refractivity contribution in [2.24, 2.45) is 0 Å². The number of carbonyl (C=O) groups excluding carboxylic acids is 1. The number of hydrogen-bond acceptors (Lipinski definition) is 6. The van der Waals surface area contributed by atoms with Crippen LogP contribution in [0.2, 0.25) is 0 Å². The highest BCUT2D eigenvalue weighted by Crippen LogP contribution is 2.27. The lowest BCUT2D eigenvalue weighted by Crippen LogP contribution is -2.24. The second-order valence-corrected chi connectivity index (χ2v) is 9.68. The van der Waals surface area contributed by atoms with Gasteiger partial charge in [0.15, 0.2) is 5.13 Å². The molecule has 0 aliphatic carbocycles. The van der Waals surface area contributed by atoms with Crippen LogP contribution in [-0.4, -0.2) is 39.2 Å². The summed E-state index contributed by atoms with van der Waals surface area (Å²) in [5.74, 6) is 0.445. The molecule has 0 aliphatic rings. The fourth-order valence-electron chi connectivity index (χ4n) is 2.65. The molecule has 2 aromatic carbocycles. The smallest absolute Gasteiger partial charge is 0.250 e. The van der Waals surface area contributed by atoms with Crippen LogP contribution in [0.25, 0.3) is 17.3 Å². The highest BCUT2D eigenvalue weighted by atomic mass is 32.2. The van der Waals surface area contributed by atoms with Gasteiger partial charge in [-0.3, -0.25) is 14.4 Å². The van der Waals surface area contributed by atoms with Crippen LogP contribution in [0.1, 0.15) is 5.56 Å². The molecule has 0 fully saturated rings. The van der Waals surface area contributed by atoms with E-state index in [2.05, 4.69) is 16.9 Å². The molecule has 1 aromatic heterocycles. The number of nitrogens with zero attached hydrogens (tertiary/aromatic N) is 2. The number of hydrogen-bond donors (Lipinski definition) is 1. The highest BCUT2D eigenvalue weighted by Gasteiger charge is 2.12. The molecular formula is C23H23N3O4S2. The molecule has 32 heavy (non-hydrogen) atoms. The summed E-state index contributed by atoms with van der Waals surface area (Å²) in [6.45, 7) is 4.05. The number of sulfonamides is 1. The van der Waals surface area contributed by atoms with E-state index in [4.69, 9.17) is 4.74 Å². The molecule has 0 bridgehead atoms. The Kier molecular flexibility index (Phi) is 7.45. The molecular weight excluding hydrogens is 446 g/mol. The quantitative estimate of drug-likeness (QED) is 0.370. The van der Waals surface area contributed by atoms with Gasteiger partial charge in [-0.25, -0.2) is 13.4 Å². The van der Waals surface area contributed by atoms with Crippen molar-refractivity contribution in [1.29, 1.82) is 0 Å². The first-order chi connectivity index (χ1) is 15.3. The minimum Gasteiger partial charge on any atom is -0.490 e. The van der Waals surface area contributed by atoms with Crippen molar-refractivity contribution >= 4 is 44.2 Å². The molecule has 0 spiro atoms. The normalized spacial score (nSPS) is 11.3. The predicted octanol–water partition coefficient (Wildman–Crippen LogP) is 4.42. The maximum atomic E-state index is 12.2. The molecule has 1 N–H and O–H groups in total. The van der Waals surface area contributed by atoms with Gasteiger partial charge in [-0.05, 0) is 35.9 Å². The standard InChI is InChI=1S/C23H23N3O4S2/c1-4-15-30-20-12-5-17(6-13-20)7-14-22(27)25-23-24-21(16-31-23)18-8-10-19(11-9-18)26(2)32(3,28)29/h4-14,16H,1,15H2,2-3H3,(H,24,25,27)/b14-7+. The minimum absolute atomic E-state index is 0.289. The summed E-state index contributed by atoms with van der Waals surface area (Å²) >= 11 is 1.31. The summed E-state index contributed by atoms with van der Waals surface area (Å²) in [7, 11) is -1.82. The fraction of sp³-hybridized carbons (Fsp3) is 0.130. The van der Waals surface area contributed by atoms with Gasteiger partial charge < -0.3 is 4.74 Å². The number of thiazole rings is 1. The van der Waals surface area contributed by atoms with Gasteiger partial charge in [0, 0.05) is 24.1 Å². The van der Waals surface area contributed by atoms with E-state index in [1.165, 1.54) is 28.8 Å². The Morgan fingerprint density at radius 1 is 1.19 bits per heavy atom. The van der Waals surface area contributed by atoms with Gasteiger partial charge >= 0.3 is 0 Å². The van der Waals surface area contributed by atoms with Crippen LogP contribution in [0.3, 0.4) is 0 Å². The molecule has 1 heterocycles. The van der Waals surface area contributed by atoms with Crippen LogP contribution in [0.4, 0.5) is 10.8 Å². The number of ether oxygens (including phenoxy) is 1. The average Bonchev–Trinajstić information content (AvgIpc) is 3.24. The van der Waals surface area contributed by atoms with Crippen LogP contribution >= 0.6 is 11.3 Å².